The zero-order chi connectivity index (χ0) is 12.6. The Kier molecular flexibility index (Phi) is 3.20. The predicted octanol–water partition coefficient (Wildman–Crippen LogP) is 4.85. The molecule has 0 radical (unpaired) electrons. The summed E-state index contributed by atoms with van der Waals surface area (Å²) in [6.07, 6.45) is 0.855. The molecule has 0 amide bonds. The lowest BCUT2D eigenvalue weighted by Gasteiger charge is -2.27. The van der Waals surface area contributed by atoms with Crippen LogP contribution in [0, 0.1) is 0 Å². The number of halogens is 2. The lowest BCUT2D eigenvalue weighted by atomic mass is 10.0. The molecule has 1 aliphatic heterocycles. The molecule has 1 nitrogen and oxygen atoms in total. The van der Waals surface area contributed by atoms with Crippen LogP contribution < -0.4 is 4.74 Å². The molecule has 92 valence electrons. The largest absolute Gasteiger partial charge is 0.474 e. The summed E-state index contributed by atoms with van der Waals surface area (Å²) in [6.45, 7) is 0. The Hall–Kier alpha value is -0.800. The Morgan fingerprint density at radius 1 is 1.00 bits per heavy atom. The van der Waals surface area contributed by atoms with E-state index >= 15 is 0 Å². The number of hydrogen-bond acceptors (Lipinski definition) is 1. The molecule has 3 rings (SSSR count). The van der Waals surface area contributed by atoms with Crippen molar-refractivity contribution in [1.82, 2.24) is 0 Å². The van der Waals surface area contributed by atoms with Crippen LogP contribution in [0.1, 0.15) is 16.0 Å². The summed E-state index contributed by atoms with van der Waals surface area (Å²) in [7, 11) is 0. The van der Waals surface area contributed by atoms with E-state index < -0.39 is 4.51 Å². The molecule has 2 atom stereocenters. The molecule has 0 spiro atoms. The molecule has 0 aromatic heterocycles. The summed E-state index contributed by atoms with van der Waals surface area (Å²) < 4.78 is 5.68. The van der Waals surface area contributed by atoms with E-state index in [1.165, 1.54) is 11.1 Å². The van der Waals surface area contributed by atoms with Crippen LogP contribution in [0.4, 0.5) is 0 Å². The van der Waals surface area contributed by atoms with Gasteiger partial charge in [0, 0.05) is 6.42 Å². The number of para-hydroxylation sites is 1. The van der Waals surface area contributed by atoms with E-state index in [1.807, 2.05) is 36.4 Å². The van der Waals surface area contributed by atoms with Crippen molar-refractivity contribution < 1.29 is 4.74 Å². The number of rotatable bonds is 2. The molecule has 0 fully saturated rings. The molecular weight excluding hydrogens is 356 g/mol. The Balaban J connectivity index is 1.90. The Bertz CT molecular complexity index is 528. The van der Waals surface area contributed by atoms with Gasteiger partial charge in [0.25, 0.3) is 0 Å². The van der Waals surface area contributed by atoms with Crippen LogP contribution in [0.15, 0.2) is 54.6 Å². The van der Waals surface area contributed by atoms with Crippen molar-refractivity contribution in [3.63, 3.8) is 0 Å². The van der Waals surface area contributed by atoms with Crippen LogP contribution in [0.25, 0.3) is 0 Å². The Morgan fingerprint density at radius 3 is 2.39 bits per heavy atom. The molecule has 0 aliphatic carbocycles. The van der Waals surface area contributed by atoms with Crippen LogP contribution >= 0.6 is 31.9 Å². The quantitative estimate of drug-likeness (QED) is 0.689. The number of alkyl halides is 2. The fourth-order valence-corrected chi connectivity index (χ4v) is 3.54. The maximum atomic E-state index is 6.08. The van der Waals surface area contributed by atoms with Crippen molar-refractivity contribution in [2.45, 2.75) is 15.8 Å². The predicted molar refractivity (Wildman–Crippen MR) is 80.5 cm³/mol. The highest BCUT2D eigenvalue weighted by Crippen LogP contribution is 2.49. The van der Waals surface area contributed by atoms with E-state index in [1.54, 1.807) is 0 Å². The van der Waals surface area contributed by atoms with Crippen LogP contribution in [-0.4, -0.2) is 4.51 Å². The highest BCUT2D eigenvalue weighted by Gasteiger charge is 2.43. The second-order valence-corrected chi connectivity index (χ2v) is 6.70. The topological polar surface area (TPSA) is 9.23 Å². The van der Waals surface area contributed by atoms with Crippen LogP contribution in [0.2, 0.25) is 0 Å². The first-order valence-corrected chi connectivity index (χ1v) is 7.55. The fraction of sp³-hybridized carbons (Fsp3) is 0.200. The van der Waals surface area contributed by atoms with Crippen molar-refractivity contribution in [2.75, 3.05) is 0 Å². The van der Waals surface area contributed by atoms with Gasteiger partial charge in [-0.25, -0.2) is 0 Å². The SMILES string of the molecule is BrC(c1ccccc1)C1(Br)Cc2ccccc2O1. The molecule has 2 aromatic rings. The third-order valence-corrected chi connectivity index (χ3v) is 5.94. The molecule has 0 saturated heterocycles. The molecule has 2 aromatic carbocycles. The first-order chi connectivity index (χ1) is 8.69. The standard InChI is InChI=1S/C15H12Br2O/c16-14(11-6-2-1-3-7-11)15(17)10-12-8-4-5-9-13(12)18-15/h1-9,14H,10H2. The molecule has 1 aliphatic rings. The van der Waals surface area contributed by atoms with Crippen LogP contribution in [0.3, 0.4) is 0 Å². The lowest BCUT2D eigenvalue weighted by Crippen LogP contribution is -2.31. The molecule has 3 heteroatoms. The van der Waals surface area contributed by atoms with E-state index in [0.717, 1.165) is 12.2 Å². The number of benzene rings is 2. The number of hydrogen-bond donors (Lipinski definition) is 0. The van der Waals surface area contributed by atoms with Crippen LogP contribution in [-0.2, 0) is 6.42 Å². The van der Waals surface area contributed by atoms with Gasteiger partial charge in [-0.1, -0.05) is 64.5 Å². The third kappa shape index (κ3) is 2.10. The Morgan fingerprint density at radius 2 is 1.67 bits per heavy atom. The number of fused-ring (bicyclic) bond motifs is 1. The van der Waals surface area contributed by atoms with E-state index in [-0.39, 0.29) is 4.83 Å². The van der Waals surface area contributed by atoms with Gasteiger partial charge in [0.15, 0.2) is 4.51 Å². The molecule has 2 unspecified atom stereocenters. The van der Waals surface area contributed by atoms with Gasteiger partial charge >= 0.3 is 0 Å². The highest BCUT2D eigenvalue weighted by molar-refractivity contribution is 9.12. The van der Waals surface area contributed by atoms with Crippen molar-refractivity contribution in [1.29, 1.82) is 0 Å². The smallest absolute Gasteiger partial charge is 0.183 e. The molecular formula is C15H12Br2O. The maximum Gasteiger partial charge on any atom is 0.183 e. The number of ether oxygens (including phenoxy) is 1. The maximum absolute atomic E-state index is 6.08. The summed E-state index contributed by atoms with van der Waals surface area (Å²) in [5.41, 5.74) is 2.46. The normalized spacial score (nSPS) is 23.2. The minimum Gasteiger partial charge on any atom is -0.474 e. The first kappa shape index (κ1) is 12.2. The molecule has 0 saturated carbocycles. The van der Waals surface area contributed by atoms with Gasteiger partial charge in [0.1, 0.15) is 5.75 Å². The minimum atomic E-state index is -0.405. The highest BCUT2D eigenvalue weighted by atomic mass is 79.9. The average molecular weight is 368 g/mol. The summed E-state index contributed by atoms with van der Waals surface area (Å²) in [5.74, 6) is 0.967. The van der Waals surface area contributed by atoms with E-state index in [4.69, 9.17) is 4.74 Å². The van der Waals surface area contributed by atoms with Crippen molar-refractivity contribution in [2.24, 2.45) is 0 Å². The first-order valence-electron chi connectivity index (χ1n) is 5.84. The summed E-state index contributed by atoms with van der Waals surface area (Å²) in [5, 5.41) is 0. The van der Waals surface area contributed by atoms with Gasteiger partial charge in [0.05, 0.1) is 4.83 Å². The van der Waals surface area contributed by atoms with Gasteiger partial charge in [-0.2, -0.15) is 0 Å². The molecule has 1 heterocycles. The van der Waals surface area contributed by atoms with Gasteiger partial charge in [-0.3, -0.25) is 0 Å². The van der Waals surface area contributed by atoms with Gasteiger partial charge in [-0.05, 0) is 33.1 Å². The third-order valence-electron chi connectivity index (χ3n) is 3.15. The molecule has 18 heavy (non-hydrogen) atoms. The van der Waals surface area contributed by atoms with E-state index in [2.05, 4.69) is 50.1 Å². The fourth-order valence-electron chi connectivity index (χ4n) is 2.24. The Labute approximate surface area is 123 Å². The summed E-state index contributed by atoms with van der Waals surface area (Å²) >= 11 is 7.52. The average Bonchev–Trinajstić information content (AvgIpc) is 2.76. The minimum absolute atomic E-state index is 0.110. The van der Waals surface area contributed by atoms with E-state index in [0.29, 0.717) is 0 Å². The summed E-state index contributed by atoms with van der Waals surface area (Å²) in [6, 6.07) is 18.5. The van der Waals surface area contributed by atoms with Gasteiger partial charge in [-0.15, -0.1) is 0 Å². The molecule has 0 N–H and O–H groups in total. The molecule has 0 bridgehead atoms. The lowest BCUT2D eigenvalue weighted by molar-refractivity contribution is 0.202. The monoisotopic (exact) mass is 366 g/mol. The second-order valence-electron chi connectivity index (χ2n) is 4.45. The second kappa shape index (κ2) is 4.71. The van der Waals surface area contributed by atoms with Crippen molar-refractivity contribution in [3.05, 3.63) is 65.7 Å². The van der Waals surface area contributed by atoms with E-state index in [9.17, 15) is 0 Å². The van der Waals surface area contributed by atoms with Gasteiger partial charge in [0.2, 0.25) is 0 Å². The zero-order valence-electron chi connectivity index (χ0n) is 9.64. The summed E-state index contributed by atoms with van der Waals surface area (Å²) in [4.78, 5) is 0.110. The van der Waals surface area contributed by atoms with Crippen molar-refractivity contribution in [3.8, 4) is 5.75 Å². The van der Waals surface area contributed by atoms with Crippen molar-refractivity contribution >= 4 is 31.9 Å². The van der Waals surface area contributed by atoms with Crippen LogP contribution in [0.5, 0.6) is 5.75 Å². The zero-order valence-corrected chi connectivity index (χ0v) is 12.8. The van der Waals surface area contributed by atoms with Gasteiger partial charge < -0.3 is 4.74 Å².